The van der Waals surface area contributed by atoms with Crippen LogP contribution in [0.25, 0.3) is 0 Å². The van der Waals surface area contributed by atoms with Gasteiger partial charge in [-0.2, -0.15) is 0 Å². The van der Waals surface area contributed by atoms with Gasteiger partial charge in [-0.15, -0.1) is 0 Å². The molecule has 26 heavy (non-hydrogen) atoms. The van der Waals surface area contributed by atoms with E-state index in [0.717, 1.165) is 0 Å². The van der Waals surface area contributed by atoms with Crippen molar-refractivity contribution in [1.29, 1.82) is 0 Å². The third-order valence-corrected chi connectivity index (χ3v) is 13.0. The molecular formula is C15H19O6Si5. The molecule has 0 N–H and O–H groups in total. The van der Waals surface area contributed by atoms with Crippen LogP contribution in [0.3, 0.4) is 0 Å². The van der Waals surface area contributed by atoms with Gasteiger partial charge in [0, 0.05) is 21.3 Å². The lowest BCUT2D eigenvalue weighted by Crippen LogP contribution is -2.51. The third kappa shape index (κ3) is 6.47. The van der Waals surface area contributed by atoms with Gasteiger partial charge < -0.3 is 25.6 Å². The summed E-state index contributed by atoms with van der Waals surface area (Å²) in [5.74, 6) is 0. The Morgan fingerprint density at radius 1 is 0.692 bits per heavy atom. The molecule has 0 atom stereocenters. The summed E-state index contributed by atoms with van der Waals surface area (Å²) in [6.45, 7) is 0. The standard InChI is InChI=1S/C15H19O6Si5/c1-16-26(17-2,18-3)24-20-22-19-23-21-25(14-10-6-4-7-11-14)15-12-8-5-9-13-15/h4-13H,1-3H3. The summed E-state index contributed by atoms with van der Waals surface area (Å²) in [6, 6.07) is 20.4. The van der Waals surface area contributed by atoms with E-state index in [2.05, 4.69) is 24.3 Å². The van der Waals surface area contributed by atoms with Crippen LogP contribution in [0.5, 0.6) is 0 Å². The maximum absolute atomic E-state index is 6.08. The Bertz CT molecular complexity index is 569. The van der Waals surface area contributed by atoms with Crippen LogP contribution < -0.4 is 10.4 Å². The molecule has 2 aromatic rings. The van der Waals surface area contributed by atoms with Crippen molar-refractivity contribution in [3.05, 3.63) is 60.7 Å². The van der Waals surface area contributed by atoms with Crippen LogP contribution in [-0.2, 0) is 25.6 Å². The number of rotatable bonds is 12. The molecule has 2 aromatic carbocycles. The Morgan fingerprint density at radius 2 is 1.19 bits per heavy atom. The SMILES string of the molecule is CO[Si](OC)(OC)[Si]O[Si]O[Si]O[Si](c1ccccc1)c1ccccc1. The first-order valence-electron chi connectivity index (χ1n) is 7.63. The quantitative estimate of drug-likeness (QED) is 0.343. The highest BCUT2D eigenvalue weighted by atomic mass is 29.2. The minimum absolute atomic E-state index is 0.0381. The molecule has 0 saturated heterocycles. The van der Waals surface area contributed by atoms with Crippen LogP contribution in [0.1, 0.15) is 0 Å². The van der Waals surface area contributed by atoms with Gasteiger partial charge in [-0.1, -0.05) is 60.7 Å². The Balaban J connectivity index is 1.83. The average molecular weight is 436 g/mol. The lowest BCUT2D eigenvalue weighted by molar-refractivity contribution is 0.144. The minimum Gasteiger partial charge on any atom is -0.431 e. The lowest BCUT2D eigenvalue weighted by atomic mass is 10.4. The maximum Gasteiger partial charge on any atom is 0.500 e. The highest BCUT2D eigenvalue weighted by Gasteiger charge is 2.40. The number of hydrogen-bond acceptors (Lipinski definition) is 6. The molecule has 0 bridgehead atoms. The summed E-state index contributed by atoms with van der Waals surface area (Å²) in [5, 5.41) is 2.35. The molecule has 0 aromatic heterocycles. The van der Waals surface area contributed by atoms with E-state index in [1.165, 1.54) is 10.4 Å². The van der Waals surface area contributed by atoms with E-state index in [9.17, 15) is 0 Å². The first-order valence-corrected chi connectivity index (χ1v) is 14.3. The molecule has 135 valence electrons. The second kappa shape index (κ2) is 11.9. The lowest BCUT2D eigenvalue weighted by Gasteiger charge is -2.22. The fourth-order valence-corrected chi connectivity index (χ4v) is 9.51. The second-order valence-electron chi connectivity index (χ2n) is 4.80. The van der Waals surface area contributed by atoms with Gasteiger partial charge in [0.15, 0.2) is 0 Å². The van der Waals surface area contributed by atoms with E-state index in [4.69, 9.17) is 25.6 Å². The van der Waals surface area contributed by atoms with Gasteiger partial charge in [-0.05, 0) is 10.4 Å². The summed E-state index contributed by atoms with van der Waals surface area (Å²) < 4.78 is 33.0. The molecule has 0 aliphatic heterocycles. The zero-order chi connectivity index (χ0) is 18.7. The van der Waals surface area contributed by atoms with Crippen molar-refractivity contribution in [3.63, 3.8) is 0 Å². The Morgan fingerprint density at radius 3 is 1.65 bits per heavy atom. The predicted octanol–water partition coefficient (Wildman–Crippen LogP) is -0.0955. The largest absolute Gasteiger partial charge is 0.500 e. The molecule has 0 spiro atoms. The zero-order valence-corrected chi connectivity index (χ0v) is 19.7. The zero-order valence-electron chi connectivity index (χ0n) is 14.7. The van der Waals surface area contributed by atoms with Crippen molar-refractivity contribution in [2.24, 2.45) is 0 Å². The summed E-state index contributed by atoms with van der Waals surface area (Å²) in [4.78, 5) is 0. The van der Waals surface area contributed by atoms with Crippen LogP contribution in [0.4, 0.5) is 0 Å². The molecule has 0 aliphatic rings. The van der Waals surface area contributed by atoms with Crippen LogP contribution in [0.15, 0.2) is 60.7 Å². The molecule has 0 aliphatic carbocycles. The first-order chi connectivity index (χ1) is 12.7. The van der Waals surface area contributed by atoms with Gasteiger partial charge in [0.2, 0.25) is 0 Å². The fourth-order valence-electron chi connectivity index (χ4n) is 2.02. The Hall–Kier alpha value is -0.716. The van der Waals surface area contributed by atoms with Crippen LogP contribution in [0, 0.1) is 0 Å². The second-order valence-corrected chi connectivity index (χ2v) is 14.4. The topological polar surface area (TPSA) is 55.4 Å². The molecule has 0 saturated carbocycles. The maximum atomic E-state index is 6.08. The highest BCUT2D eigenvalue weighted by Crippen LogP contribution is 2.03. The van der Waals surface area contributed by atoms with Gasteiger partial charge in [-0.3, -0.25) is 0 Å². The Kier molecular flexibility index (Phi) is 9.87. The molecule has 0 heterocycles. The fraction of sp³-hybridized carbons (Fsp3) is 0.200. The molecular weight excluding hydrogens is 417 g/mol. The Labute approximate surface area is 164 Å². The van der Waals surface area contributed by atoms with Gasteiger partial charge >= 0.3 is 37.6 Å². The third-order valence-electron chi connectivity index (χ3n) is 3.32. The molecule has 0 fully saturated rings. The minimum atomic E-state index is -2.70. The van der Waals surface area contributed by atoms with Gasteiger partial charge in [-0.25, -0.2) is 0 Å². The summed E-state index contributed by atoms with van der Waals surface area (Å²) in [6.07, 6.45) is 0. The number of hydrogen-bond donors (Lipinski definition) is 0. The first kappa shape index (κ1) is 21.6. The normalized spacial score (nSPS) is 11.8. The summed E-state index contributed by atoms with van der Waals surface area (Å²) >= 11 is 0. The van der Waals surface area contributed by atoms with Gasteiger partial charge in [0.25, 0.3) is 9.04 Å². The monoisotopic (exact) mass is 435 g/mol. The van der Waals surface area contributed by atoms with Crippen molar-refractivity contribution in [2.45, 2.75) is 0 Å². The summed E-state index contributed by atoms with van der Waals surface area (Å²) in [7, 11) is 0.295. The van der Waals surface area contributed by atoms with Crippen molar-refractivity contribution in [1.82, 2.24) is 0 Å². The van der Waals surface area contributed by atoms with Crippen molar-refractivity contribution < 1.29 is 25.6 Å². The van der Waals surface area contributed by atoms with E-state index in [1.807, 2.05) is 36.4 Å². The van der Waals surface area contributed by atoms with E-state index in [0.29, 0.717) is 0 Å². The highest BCUT2D eigenvalue weighted by molar-refractivity contribution is 7.12. The van der Waals surface area contributed by atoms with Crippen molar-refractivity contribution in [3.8, 4) is 0 Å². The number of benzene rings is 2. The van der Waals surface area contributed by atoms with E-state index in [-0.39, 0.29) is 29.3 Å². The molecule has 0 amide bonds. The van der Waals surface area contributed by atoms with Crippen molar-refractivity contribution in [2.75, 3.05) is 21.3 Å². The molecule has 0 unspecified atom stereocenters. The van der Waals surface area contributed by atoms with Crippen molar-refractivity contribution >= 4 is 57.0 Å². The smallest absolute Gasteiger partial charge is 0.431 e. The molecule has 7 radical (unpaired) electrons. The molecule has 2 rings (SSSR count). The van der Waals surface area contributed by atoms with E-state index < -0.39 is 17.4 Å². The molecule has 11 heteroatoms. The van der Waals surface area contributed by atoms with Crippen LogP contribution >= 0.6 is 0 Å². The van der Waals surface area contributed by atoms with E-state index in [1.54, 1.807) is 21.3 Å². The average Bonchev–Trinajstić information content (AvgIpc) is 2.72. The molecule has 6 nitrogen and oxygen atoms in total. The van der Waals surface area contributed by atoms with E-state index >= 15 is 0 Å². The van der Waals surface area contributed by atoms with Gasteiger partial charge in [0.1, 0.15) is 0 Å². The predicted molar refractivity (Wildman–Crippen MR) is 105 cm³/mol. The summed E-state index contributed by atoms with van der Waals surface area (Å²) in [5.41, 5.74) is 0. The van der Waals surface area contributed by atoms with Crippen LogP contribution in [-0.4, -0.2) is 68.0 Å². The van der Waals surface area contributed by atoms with Crippen LogP contribution in [0.2, 0.25) is 0 Å². The van der Waals surface area contributed by atoms with Gasteiger partial charge in [0.05, 0.1) is 0 Å².